The van der Waals surface area contributed by atoms with Gasteiger partial charge in [0.15, 0.2) is 0 Å². The minimum Gasteiger partial charge on any atom is -0.357 e. The molecule has 1 rings (SSSR count). The molecule has 0 saturated heterocycles. The Morgan fingerprint density at radius 2 is 1.87 bits per heavy atom. The summed E-state index contributed by atoms with van der Waals surface area (Å²) in [5, 5.41) is 16.6. The number of hydrogen-bond donors (Lipinski definition) is 5. The highest BCUT2D eigenvalue weighted by Gasteiger charge is 1.95. The molecule has 1 aromatic rings. The molecule has 1 aromatic carbocycles. The predicted octanol–water partition coefficient (Wildman–Crippen LogP) is -0.544. The van der Waals surface area contributed by atoms with Gasteiger partial charge in [0.2, 0.25) is 0 Å². The molecule has 0 saturated carbocycles. The molecule has 1 unspecified atom stereocenters. The summed E-state index contributed by atoms with van der Waals surface area (Å²) in [4.78, 5) is 8.36. The second-order valence-corrected chi connectivity index (χ2v) is 2.39. The van der Waals surface area contributed by atoms with Crippen LogP contribution >= 0.6 is 0 Å². The van der Waals surface area contributed by atoms with Crippen LogP contribution in [0, 0.1) is 10.1 Å². The highest BCUT2D eigenvalue weighted by molar-refractivity contribution is 5.42. The van der Waals surface area contributed by atoms with Gasteiger partial charge in [-0.1, -0.05) is 18.2 Å². The molecule has 0 aromatic heterocycles. The van der Waals surface area contributed by atoms with Gasteiger partial charge in [-0.05, 0) is 12.1 Å². The number of nitrogens with zero attached hydrogens (tertiary/aromatic N) is 1. The van der Waals surface area contributed by atoms with Gasteiger partial charge in [-0.3, -0.25) is 11.6 Å². The Balaban J connectivity index is 0.000000423. The van der Waals surface area contributed by atoms with Crippen LogP contribution < -0.4 is 22.3 Å². The van der Waals surface area contributed by atoms with E-state index in [9.17, 15) is 0 Å². The normalized spacial score (nSPS) is 10.8. The molecule has 0 aliphatic rings. The van der Waals surface area contributed by atoms with Gasteiger partial charge in [-0.2, -0.15) is 0 Å². The van der Waals surface area contributed by atoms with Crippen molar-refractivity contribution >= 4 is 5.69 Å². The van der Waals surface area contributed by atoms with E-state index in [1.165, 1.54) is 0 Å². The molecule has 0 amide bonds. The van der Waals surface area contributed by atoms with E-state index in [0.717, 1.165) is 5.69 Å². The Hall–Kier alpha value is -1.90. The summed E-state index contributed by atoms with van der Waals surface area (Å²) in [7, 11) is 0. The molecule has 15 heavy (non-hydrogen) atoms. The van der Waals surface area contributed by atoms with Gasteiger partial charge in [0, 0.05) is 5.69 Å². The van der Waals surface area contributed by atoms with Gasteiger partial charge < -0.3 is 10.5 Å². The molecule has 84 valence electrons. The lowest BCUT2D eigenvalue weighted by molar-refractivity contribution is -0.742. The zero-order valence-corrected chi connectivity index (χ0v) is 7.83. The van der Waals surface area contributed by atoms with Crippen molar-refractivity contribution in [2.45, 2.75) is 6.29 Å². The van der Waals surface area contributed by atoms with Gasteiger partial charge in [0.05, 0.1) is 0 Å². The Bertz CT molecular complexity index is 277. The summed E-state index contributed by atoms with van der Waals surface area (Å²) in [6, 6.07) is 9.61. The van der Waals surface area contributed by atoms with E-state index in [1.54, 1.807) is 0 Å². The van der Waals surface area contributed by atoms with Gasteiger partial charge >= 0.3 is 0 Å². The van der Waals surface area contributed by atoms with Crippen molar-refractivity contribution in [3.8, 4) is 0 Å². The fraction of sp³-hybridized carbons (Fsp3) is 0.143. The Morgan fingerprint density at radius 1 is 1.40 bits per heavy atom. The van der Waals surface area contributed by atoms with Crippen LogP contribution in [0.1, 0.15) is 0 Å². The van der Waals surface area contributed by atoms with E-state index >= 15 is 0 Å². The van der Waals surface area contributed by atoms with Crippen LogP contribution in [0.4, 0.5) is 5.69 Å². The third-order valence-electron chi connectivity index (χ3n) is 1.28. The van der Waals surface area contributed by atoms with Crippen LogP contribution in [0.15, 0.2) is 30.3 Å². The summed E-state index contributed by atoms with van der Waals surface area (Å²) < 4.78 is 0. The number of benzene rings is 1. The number of hydrazine groups is 1. The van der Waals surface area contributed by atoms with Gasteiger partial charge in [0.1, 0.15) is 6.29 Å². The average Bonchev–Trinajstić information content (AvgIpc) is 2.18. The monoisotopic (exact) mass is 215 g/mol. The third kappa shape index (κ3) is 8.43. The van der Waals surface area contributed by atoms with Crippen molar-refractivity contribution < 1.29 is 10.3 Å². The predicted molar refractivity (Wildman–Crippen MR) is 54.1 cm³/mol. The first-order valence-corrected chi connectivity index (χ1v) is 3.93. The van der Waals surface area contributed by atoms with Crippen molar-refractivity contribution in [2.24, 2.45) is 11.6 Å². The fourth-order valence-electron chi connectivity index (χ4n) is 0.756. The molecule has 1 atom stereocenters. The minimum atomic E-state index is -1.50. The molecule has 0 fully saturated rings. The summed E-state index contributed by atoms with van der Waals surface area (Å²) in [5.41, 5.74) is 8.78. The number of nitrogens with two attached hydrogens (primary N) is 2. The van der Waals surface area contributed by atoms with Crippen LogP contribution in [0.25, 0.3) is 0 Å². The minimum absolute atomic E-state index is 0.405. The SMILES string of the molecule is NNC(N)Nc1ccccc1.O=[N+]([O-])O. The van der Waals surface area contributed by atoms with Crippen LogP contribution in [-0.4, -0.2) is 16.6 Å². The molecule has 8 nitrogen and oxygen atoms in total. The Morgan fingerprint density at radius 3 is 2.27 bits per heavy atom. The van der Waals surface area contributed by atoms with Crippen molar-refractivity contribution in [1.82, 2.24) is 5.43 Å². The summed E-state index contributed by atoms with van der Waals surface area (Å²) in [6.45, 7) is 0. The van der Waals surface area contributed by atoms with E-state index in [-0.39, 0.29) is 0 Å². The Kier molecular flexibility index (Phi) is 6.55. The van der Waals surface area contributed by atoms with Gasteiger partial charge in [-0.25, -0.2) is 5.43 Å². The second-order valence-electron chi connectivity index (χ2n) is 2.39. The first kappa shape index (κ1) is 13.1. The van der Waals surface area contributed by atoms with E-state index < -0.39 is 11.4 Å². The molecule has 8 heteroatoms. The van der Waals surface area contributed by atoms with Crippen molar-refractivity contribution in [1.29, 1.82) is 0 Å². The lowest BCUT2D eigenvalue weighted by Gasteiger charge is -2.12. The number of hydrogen-bond acceptors (Lipinski definition) is 6. The summed E-state index contributed by atoms with van der Waals surface area (Å²) in [6.07, 6.45) is -0.405. The third-order valence-corrected chi connectivity index (χ3v) is 1.28. The standard InChI is InChI=1S/C7H12N4.HNO3/c8-7(11-9)10-6-4-2-1-3-5-6;2-1(3)4/h1-5,7,10-11H,8-9H2;(H,2,3,4). The molecule has 7 N–H and O–H groups in total. The van der Waals surface area contributed by atoms with E-state index in [2.05, 4.69) is 10.7 Å². The maximum Gasteiger partial charge on any atom is 0.291 e. The van der Waals surface area contributed by atoms with Crippen LogP contribution in [0.3, 0.4) is 0 Å². The van der Waals surface area contributed by atoms with E-state index in [1.807, 2.05) is 30.3 Å². The van der Waals surface area contributed by atoms with Crippen LogP contribution in [-0.2, 0) is 0 Å². The van der Waals surface area contributed by atoms with Crippen molar-refractivity contribution in [3.05, 3.63) is 40.4 Å². The van der Waals surface area contributed by atoms with Gasteiger partial charge in [0.25, 0.3) is 5.09 Å². The molecule has 0 bridgehead atoms. The molecular weight excluding hydrogens is 202 g/mol. The lowest BCUT2D eigenvalue weighted by atomic mass is 10.3. The number of para-hydroxylation sites is 1. The Labute approximate surface area is 86.0 Å². The van der Waals surface area contributed by atoms with E-state index in [0.29, 0.717) is 0 Å². The first-order valence-electron chi connectivity index (χ1n) is 3.93. The smallest absolute Gasteiger partial charge is 0.291 e. The molecule has 0 aliphatic carbocycles. The molecule has 0 spiro atoms. The van der Waals surface area contributed by atoms with Crippen LogP contribution in [0.2, 0.25) is 0 Å². The first-order chi connectivity index (χ1) is 7.06. The van der Waals surface area contributed by atoms with Crippen molar-refractivity contribution in [3.63, 3.8) is 0 Å². The maximum absolute atomic E-state index is 8.36. The molecule has 0 heterocycles. The van der Waals surface area contributed by atoms with Crippen LogP contribution in [0.5, 0.6) is 0 Å². The zero-order chi connectivity index (χ0) is 11.7. The highest BCUT2D eigenvalue weighted by atomic mass is 16.9. The highest BCUT2D eigenvalue weighted by Crippen LogP contribution is 2.03. The van der Waals surface area contributed by atoms with E-state index in [4.69, 9.17) is 26.9 Å². The summed E-state index contributed by atoms with van der Waals surface area (Å²) in [5.74, 6) is 5.08. The second kappa shape index (κ2) is 7.50. The largest absolute Gasteiger partial charge is 0.357 e. The number of nitrogens with one attached hydrogen (secondary N) is 2. The average molecular weight is 215 g/mol. The summed E-state index contributed by atoms with van der Waals surface area (Å²) >= 11 is 0. The maximum atomic E-state index is 8.36. The molecule has 0 aliphatic heterocycles. The molecular formula is C7H13N5O3. The number of anilines is 1. The van der Waals surface area contributed by atoms with Crippen molar-refractivity contribution in [2.75, 3.05) is 5.32 Å². The quantitative estimate of drug-likeness (QED) is 0.197. The fourth-order valence-corrected chi connectivity index (χ4v) is 0.756. The zero-order valence-electron chi connectivity index (χ0n) is 7.83. The topological polar surface area (TPSA) is 139 Å². The van der Waals surface area contributed by atoms with Gasteiger partial charge in [-0.15, -0.1) is 10.1 Å². The number of rotatable bonds is 3. The lowest BCUT2D eigenvalue weighted by Crippen LogP contribution is -2.47. The molecule has 0 radical (unpaired) electrons.